The number of rotatable bonds is 3. The van der Waals surface area contributed by atoms with Gasteiger partial charge >= 0.3 is 0 Å². The Kier molecular flexibility index (Phi) is 2.39. The Morgan fingerprint density at radius 1 is 1.79 bits per heavy atom. The molecule has 1 saturated heterocycles. The summed E-state index contributed by atoms with van der Waals surface area (Å²) in [5.41, 5.74) is 0. The number of nitrogens with zero attached hydrogens (tertiary/aromatic N) is 2. The highest BCUT2D eigenvalue weighted by Gasteiger charge is 2.23. The molecular formula is C9H14N4O. The van der Waals surface area contributed by atoms with Crippen LogP contribution in [0.3, 0.4) is 0 Å². The molecule has 0 spiro atoms. The SMILES string of the molecule is C[C@H]1CNC(=N)N1CCc1cnco1. The fourth-order valence-corrected chi connectivity index (χ4v) is 1.60. The summed E-state index contributed by atoms with van der Waals surface area (Å²) in [5.74, 6) is 1.38. The van der Waals surface area contributed by atoms with Gasteiger partial charge in [-0.25, -0.2) is 4.98 Å². The van der Waals surface area contributed by atoms with Gasteiger partial charge in [0.1, 0.15) is 5.76 Å². The average Bonchev–Trinajstić information content (AvgIpc) is 2.76. The van der Waals surface area contributed by atoms with Gasteiger partial charge in [-0.3, -0.25) is 5.41 Å². The van der Waals surface area contributed by atoms with Gasteiger partial charge in [0.25, 0.3) is 0 Å². The fraction of sp³-hybridized carbons (Fsp3) is 0.556. The molecule has 0 bridgehead atoms. The summed E-state index contributed by atoms with van der Waals surface area (Å²) in [5, 5.41) is 10.6. The van der Waals surface area contributed by atoms with Crippen molar-refractivity contribution >= 4 is 5.96 Å². The Labute approximate surface area is 82.6 Å². The first kappa shape index (κ1) is 9.05. The molecule has 0 aliphatic carbocycles. The van der Waals surface area contributed by atoms with E-state index in [1.165, 1.54) is 6.39 Å². The lowest BCUT2D eigenvalue weighted by Crippen LogP contribution is -2.34. The van der Waals surface area contributed by atoms with Gasteiger partial charge < -0.3 is 14.6 Å². The molecule has 2 rings (SSSR count). The lowest BCUT2D eigenvalue weighted by Gasteiger charge is -2.20. The molecule has 76 valence electrons. The lowest BCUT2D eigenvalue weighted by atomic mass is 10.3. The van der Waals surface area contributed by atoms with E-state index in [-0.39, 0.29) is 0 Å². The predicted octanol–water partition coefficient (Wildman–Crippen LogP) is 0.446. The summed E-state index contributed by atoms with van der Waals surface area (Å²) in [6.45, 7) is 3.77. The van der Waals surface area contributed by atoms with Crippen molar-refractivity contribution < 1.29 is 4.42 Å². The van der Waals surface area contributed by atoms with Crippen molar-refractivity contribution in [1.29, 1.82) is 5.41 Å². The zero-order valence-corrected chi connectivity index (χ0v) is 8.16. The molecular weight excluding hydrogens is 180 g/mol. The van der Waals surface area contributed by atoms with E-state index in [0.29, 0.717) is 12.0 Å². The van der Waals surface area contributed by atoms with Crippen LogP contribution < -0.4 is 5.32 Å². The van der Waals surface area contributed by atoms with Crippen molar-refractivity contribution in [3.63, 3.8) is 0 Å². The normalized spacial score (nSPS) is 21.4. The van der Waals surface area contributed by atoms with Gasteiger partial charge in [-0.1, -0.05) is 0 Å². The molecule has 0 radical (unpaired) electrons. The van der Waals surface area contributed by atoms with Crippen LogP contribution in [0.25, 0.3) is 0 Å². The Morgan fingerprint density at radius 3 is 3.21 bits per heavy atom. The largest absolute Gasteiger partial charge is 0.448 e. The van der Waals surface area contributed by atoms with E-state index < -0.39 is 0 Å². The van der Waals surface area contributed by atoms with Gasteiger partial charge in [0, 0.05) is 25.6 Å². The maximum Gasteiger partial charge on any atom is 0.191 e. The van der Waals surface area contributed by atoms with E-state index in [4.69, 9.17) is 9.83 Å². The van der Waals surface area contributed by atoms with Gasteiger partial charge in [0.15, 0.2) is 12.4 Å². The first-order valence-corrected chi connectivity index (χ1v) is 4.74. The molecule has 0 amide bonds. The Hall–Kier alpha value is -1.52. The number of oxazole rings is 1. The standard InChI is InChI=1S/C9H14N4O/c1-7-4-12-9(10)13(7)3-2-8-5-11-6-14-8/h5-7H,2-4H2,1H3,(H2,10,12)/t7-/m0/s1. The van der Waals surface area contributed by atoms with Crippen LogP contribution in [-0.4, -0.2) is 35.0 Å². The maximum absolute atomic E-state index is 7.63. The van der Waals surface area contributed by atoms with Gasteiger partial charge in [-0.05, 0) is 6.92 Å². The van der Waals surface area contributed by atoms with E-state index in [1.54, 1.807) is 6.20 Å². The molecule has 1 aliphatic heterocycles. The van der Waals surface area contributed by atoms with Crippen LogP contribution in [0.5, 0.6) is 0 Å². The number of hydrogen-bond donors (Lipinski definition) is 2. The third kappa shape index (κ3) is 1.71. The Morgan fingerprint density at radius 2 is 2.64 bits per heavy atom. The monoisotopic (exact) mass is 194 g/mol. The van der Waals surface area contributed by atoms with Crippen molar-refractivity contribution in [2.45, 2.75) is 19.4 Å². The summed E-state index contributed by atoms with van der Waals surface area (Å²) < 4.78 is 5.14. The summed E-state index contributed by atoms with van der Waals surface area (Å²) >= 11 is 0. The molecule has 1 fully saturated rings. The van der Waals surface area contributed by atoms with Crippen LogP contribution in [0.15, 0.2) is 17.0 Å². The highest BCUT2D eigenvalue weighted by Crippen LogP contribution is 2.07. The van der Waals surface area contributed by atoms with Crippen LogP contribution in [0.2, 0.25) is 0 Å². The van der Waals surface area contributed by atoms with Gasteiger partial charge in [-0.2, -0.15) is 0 Å². The molecule has 2 heterocycles. The quantitative estimate of drug-likeness (QED) is 0.733. The molecule has 2 N–H and O–H groups in total. The second-order valence-electron chi connectivity index (χ2n) is 3.49. The second kappa shape index (κ2) is 3.69. The molecule has 5 nitrogen and oxygen atoms in total. The summed E-state index contributed by atoms with van der Waals surface area (Å²) in [6, 6.07) is 0.394. The first-order valence-electron chi connectivity index (χ1n) is 4.74. The minimum atomic E-state index is 0.394. The van der Waals surface area contributed by atoms with Crippen LogP contribution in [0.4, 0.5) is 0 Å². The highest BCUT2D eigenvalue weighted by atomic mass is 16.3. The first-order chi connectivity index (χ1) is 6.77. The molecule has 0 unspecified atom stereocenters. The number of nitrogens with one attached hydrogen (secondary N) is 2. The van der Waals surface area contributed by atoms with Crippen molar-refractivity contribution in [3.8, 4) is 0 Å². The fourth-order valence-electron chi connectivity index (χ4n) is 1.60. The van der Waals surface area contributed by atoms with Crippen molar-refractivity contribution in [2.24, 2.45) is 0 Å². The van der Waals surface area contributed by atoms with E-state index in [1.807, 2.05) is 4.90 Å². The molecule has 14 heavy (non-hydrogen) atoms. The second-order valence-corrected chi connectivity index (χ2v) is 3.49. The van der Waals surface area contributed by atoms with Crippen molar-refractivity contribution in [1.82, 2.24) is 15.2 Å². The molecule has 1 aromatic rings. The van der Waals surface area contributed by atoms with E-state index in [2.05, 4.69) is 17.2 Å². The molecule has 1 aliphatic rings. The third-order valence-electron chi connectivity index (χ3n) is 2.47. The summed E-state index contributed by atoms with van der Waals surface area (Å²) in [7, 11) is 0. The Balaban J connectivity index is 1.88. The van der Waals surface area contributed by atoms with Crippen LogP contribution in [-0.2, 0) is 6.42 Å². The molecule has 1 aromatic heterocycles. The lowest BCUT2D eigenvalue weighted by molar-refractivity contribution is 0.357. The summed E-state index contributed by atoms with van der Waals surface area (Å²) in [4.78, 5) is 5.88. The summed E-state index contributed by atoms with van der Waals surface area (Å²) in [6.07, 6.45) is 3.96. The smallest absolute Gasteiger partial charge is 0.191 e. The highest BCUT2D eigenvalue weighted by molar-refractivity contribution is 5.79. The van der Waals surface area contributed by atoms with Crippen LogP contribution in [0, 0.1) is 5.41 Å². The van der Waals surface area contributed by atoms with Crippen LogP contribution in [0.1, 0.15) is 12.7 Å². The number of hydrogen-bond acceptors (Lipinski definition) is 3. The van der Waals surface area contributed by atoms with Crippen molar-refractivity contribution in [2.75, 3.05) is 13.1 Å². The maximum atomic E-state index is 7.63. The zero-order valence-electron chi connectivity index (χ0n) is 8.16. The van der Waals surface area contributed by atoms with Gasteiger partial charge in [0.2, 0.25) is 0 Å². The minimum Gasteiger partial charge on any atom is -0.448 e. The molecule has 5 heteroatoms. The molecule has 0 aromatic carbocycles. The van der Waals surface area contributed by atoms with Crippen molar-refractivity contribution in [3.05, 3.63) is 18.4 Å². The molecule has 0 saturated carbocycles. The zero-order chi connectivity index (χ0) is 9.97. The predicted molar refractivity (Wildman–Crippen MR) is 52.1 cm³/mol. The van der Waals surface area contributed by atoms with Gasteiger partial charge in [-0.15, -0.1) is 0 Å². The Bertz CT molecular complexity index is 309. The topological polar surface area (TPSA) is 65.2 Å². The van der Waals surface area contributed by atoms with E-state index in [9.17, 15) is 0 Å². The van der Waals surface area contributed by atoms with E-state index in [0.717, 1.165) is 25.3 Å². The number of guanidine groups is 1. The average molecular weight is 194 g/mol. The minimum absolute atomic E-state index is 0.394. The van der Waals surface area contributed by atoms with Gasteiger partial charge in [0.05, 0.1) is 6.20 Å². The van der Waals surface area contributed by atoms with E-state index >= 15 is 0 Å². The number of aromatic nitrogens is 1. The van der Waals surface area contributed by atoms with Crippen LogP contribution >= 0.6 is 0 Å². The third-order valence-corrected chi connectivity index (χ3v) is 2.47. The molecule has 1 atom stereocenters.